The average molecular weight is 273 g/mol. The lowest BCUT2D eigenvalue weighted by Crippen LogP contribution is -2.20. The second kappa shape index (κ2) is 6.03. The van der Waals surface area contributed by atoms with Gasteiger partial charge in [0.25, 0.3) is 0 Å². The zero-order valence-electron chi connectivity index (χ0n) is 10.3. The lowest BCUT2D eigenvalue weighted by molar-refractivity contribution is 0.282. The van der Waals surface area contributed by atoms with Crippen molar-refractivity contribution in [3.8, 4) is 0 Å². The standard InChI is InChI=1S/C11H19N3O3S/c1-8(3-2-6-15)14-10-5-4-9(12)7-11(10)18(13,16)17/h4-5,7-8,14-15H,2-3,6,12H2,1H3,(H2,13,16,17). The molecule has 7 heteroatoms. The van der Waals surface area contributed by atoms with Crippen molar-refractivity contribution in [2.75, 3.05) is 17.7 Å². The summed E-state index contributed by atoms with van der Waals surface area (Å²) in [4.78, 5) is -0.0154. The predicted molar refractivity (Wildman–Crippen MR) is 71.6 cm³/mol. The van der Waals surface area contributed by atoms with Gasteiger partial charge in [0.05, 0.1) is 5.69 Å². The van der Waals surface area contributed by atoms with Gasteiger partial charge in [-0.2, -0.15) is 0 Å². The molecule has 0 aliphatic carbocycles. The van der Waals surface area contributed by atoms with Gasteiger partial charge in [-0.3, -0.25) is 0 Å². The molecule has 18 heavy (non-hydrogen) atoms. The molecular formula is C11H19N3O3S. The Labute approximate surface area is 107 Å². The number of aliphatic hydroxyl groups is 1. The van der Waals surface area contributed by atoms with Crippen LogP contribution < -0.4 is 16.2 Å². The summed E-state index contributed by atoms with van der Waals surface area (Å²) >= 11 is 0. The number of benzene rings is 1. The lowest BCUT2D eigenvalue weighted by Gasteiger charge is -2.17. The minimum atomic E-state index is -3.81. The van der Waals surface area contributed by atoms with Gasteiger partial charge in [0.1, 0.15) is 4.90 Å². The molecule has 6 nitrogen and oxygen atoms in total. The van der Waals surface area contributed by atoms with Gasteiger partial charge in [0.2, 0.25) is 10.0 Å². The number of sulfonamides is 1. The molecule has 1 aromatic rings. The first kappa shape index (κ1) is 14.7. The van der Waals surface area contributed by atoms with E-state index in [9.17, 15) is 8.42 Å². The molecule has 1 rings (SSSR count). The van der Waals surface area contributed by atoms with Gasteiger partial charge in [-0.25, -0.2) is 13.6 Å². The van der Waals surface area contributed by atoms with E-state index in [1.54, 1.807) is 12.1 Å². The van der Waals surface area contributed by atoms with Gasteiger partial charge >= 0.3 is 0 Å². The molecule has 0 spiro atoms. The van der Waals surface area contributed by atoms with Crippen LogP contribution in [-0.4, -0.2) is 26.2 Å². The van der Waals surface area contributed by atoms with E-state index in [4.69, 9.17) is 16.0 Å². The highest BCUT2D eigenvalue weighted by molar-refractivity contribution is 7.89. The van der Waals surface area contributed by atoms with Gasteiger partial charge in [-0.15, -0.1) is 0 Å². The number of primary sulfonamides is 1. The summed E-state index contributed by atoms with van der Waals surface area (Å²) in [7, 11) is -3.81. The van der Waals surface area contributed by atoms with Crippen LogP contribution in [0.2, 0.25) is 0 Å². The third-order valence-corrected chi connectivity index (χ3v) is 3.46. The molecule has 0 aliphatic rings. The summed E-state index contributed by atoms with van der Waals surface area (Å²) in [6, 6.07) is 4.55. The number of nitrogen functional groups attached to an aromatic ring is 1. The normalized spacial score (nSPS) is 13.3. The lowest BCUT2D eigenvalue weighted by atomic mass is 10.1. The fourth-order valence-electron chi connectivity index (χ4n) is 1.63. The molecule has 0 bridgehead atoms. The largest absolute Gasteiger partial charge is 0.399 e. The van der Waals surface area contributed by atoms with Gasteiger partial charge in [0.15, 0.2) is 0 Å². The first-order valence-corrected chi connectivity index (χ1v) is 7.19. The Balaban J connectivity index is 2.95. The van der Waals surface area contributed by atoms with Crippen molar-refractivity contribution < 1.29 is 13.5 Å². The first-order chi connectivity index (χ1) is 8.34. The van der Waals surface area contributed by atoms with Crippen LogP contribution >= 0.6 is 0 Å². The number of anilines is 2. The summed E-state index contributed by atoms with van der Waals surface area (Å²) in [5.41, 5.74) is 6.32. The van der Waals surface area contributed by atoms with Crippen LogP contribution in [0.15, 0.2) is 23.1 Å². The van der Waals surface area contributed by atoms with Crippen molar-refractivity contribution >= 4 is 21.4 Å². The van der Waals surface area contributed by atoms with E-state index >= 15 is 0 Å². The van der Waals surface area contributed by atoms with E-state index < -0.39 is 10.0 Å². The highest BCUT2D eigenvalue weighted by Crippen LogP contribution is 2.24. The fourth-order valence-corrected chi connectivity index (χ4v) is 2.36. The monoisotopic (exact) mass is 273 g/mol. The summed E-state index contributed by atoms with van der Waals surface area (Å²) < 4.78 is 22.9. The summed E-state index contributed by atoms with van der Waals surface area (Å²) in [6.45, 7) is 2.01. The summed E-state index contributed by atoms with van der Waals surface area (Å²) in [5, 5.41) is 16.9. The van der Waals surface area contributed by atoms with Gasteiger partial charge < -0.3 is 16.2 Å². The van der Waals surface area contributed by atoms with Gasteiger partial charge in [-0.1, -0.05) is 0 Å². The van der Waals surface area contributed by atoms with Crippen LogP contribution in [0.1, 0.15) is 19.8 Å². The molecule has 0 fully saturated rings. The van der Waals surface area contributed by atoms with E-state index in [2.05, 4.69) is 5.32 Å². The number of hydrogen-bond acceptors (Lipinski definition) is 5. The molecule has 0 saturated carbocycles. The quantitative estimate of drug-likeness (QED) is 0.562. The van der Waals surface area contributed by atoms with Crippen LogP contribution in [0.4, 0.5) is 11.4 Å². The Hall–Kier alpha value is -1.31. The highest BCUT2D eigenvalue weighted by Gasteiger charge is 2.15. The molecule has 0 heterocycles. The second-order valence-corrected chi connectivity index (χ2v) is 5.74. The molecule has 102 valence electrons. The number of hydrogen-bond donors (Lipinski definition) is 4. The topological polar surface area (TPSA) is 118 Å². The fraction of sp³-hybridized carbons (Fsp3) is 0.455. The van der Waals surface area contributed by atoms with E-state index in [-0.39, 0.29) is 17.5 Å². The van der Waals surface area contributed by atoms with E-state index in [0.717, 1.165) is 6.42 Å². The van der Waals surface area contributed by atoms with Crippen LogP contribution in [0.5, 0.6) is 0 Å². The van der Waals surface area contributed by atoms with E-state index in [1.807, 2.05) is 6.92 Å². The molecular weight excluding hydrogens is 254 g/mol. The van der Waals surface area contributed by atoms with Crippen molar-refractivity contribution in [3.05, 3.63) is 18.2 Å². The molecule has 0 aromatic heterocycles. The Morgan fingerprint density at radius 1 is 1.44 bits per heavy atom. The van der Waals surface area contributed by atoms with Crippen molar-refractivity contribution in [2.24, 2.45) is 5.14 Å². The Morgan fingerprint density at radius 3 is 2.67 bits per heavy atom. The van der Waals surface area contributed by atoms with Crippen LogP contribution in [0, 0.1) is 0 Å². The smallest absolute Gasteiger partial charge is 0.240 e. The molecule has 1 aromatic carbocycles. The third-order valence-electron chi connectivity index (χ3n) is 2.51. The second-order valence-electron chi connectivity index (χ2n) is 4.21. The third kappa shape index (κ3) is 4.17. The zero-order chi connectivity index (χ0) is 13.8. The molecule has 6 N–H and O–H groups in total. The highest BCUT2D eigenvalue weighted by atomic mass is 32.2. The SMILES string of the molecule is CC(CCCO)Nc1ccc(N)cc1S(N)(=O)=O. The number of rotatable bonds is 6. The molecule has 0 aliphatic heterocycles. The Kier molecular flexibility index (Phi) is 4.94. The summed E-state index contributed by atoms with van der Waals surface area (Å²) in [5.74, 6) is 0. The van der Waals surface area contributed by atoms with Crippen LogP contribution in [-0.2, 0) is 10.0 Å². The number of nitrogens with one attached hydrogen (secondary N) is 1. The average Bonchev–Trinajstić information content (AvgIpc) is 2.27. The minimum absolute atomic E-state index is 0.0154. The Bertz CT molecular complexity index is 502. The molecule has 0 amide bonds. The zero-order valence-corrected chi connectivity index (χ0v) is 11.1. The van der Waals surface area contributed by atoms with Crippen molar-refractivity contribution in [3.63, 3.8) is 0 Å². The van der Waals surface area contributed by atoms with Crippen LogP contribution in [0.3, 0.4) is 0 Å². The molecule has 1 unspecified atom stereocenters. The molecule has 1 atom stereocenters. The first-order valence-electron chi connectivity index (χ1n) is 5.64. The Morgan fingerprint density at radius 2 is 2.11 bits per heavy atom. The van der Waals surface area contributed by atoms with Crippen molar-refractivity contribution in [2.45, 2.75) is 30.7 Å². The van der Waals surface area contributed by atoms with Gasteiger partial charge in [0, 0.05) is 18.3 Å². The van der Waals surface area contributed by atoms with Crippen molar-refractivity contribution in [1.82, 2.24) is 0 Å². The maximum atomic E-state index is 11.4. The minimum Gasteiger partial charge on any atom is -0.399 e. The van der Waals surface area contributed by atoms with Gasteiger partial charge in [-0.05, 0) is 38.0 Å². The maximum absolute atomic E-state index is 11.4. The van der Waals surface area contributed by atoms with E-state index in [0.29, 0.717) is 17.8 Å². The number of aliphatic hydroxyl groups excluding tert-OH is 1. The molecule has 0 radical (unpaired) electrons. The van der Waals surface area contributed by atoms with Crippen molar-refractivity contribution in [1.29, 1.82) is 0 Å². The number of nitrogens with two attached hydrogens (primary N) is 2. The predicted octanol–water partition coefficient (Wildman–Crippen LogP) is 0.489. The molecule has 0 saturated heterocycles. The van der Waals surface area contributed by atoms with E-state index in [1.165, 1.54) is 6.07 Å². The summed E-state index contributed by atoms with van der Waals surface area (Å²) in [6.07, 6.45) is 1.37. The van der Waals surface area contributed by atoms with Crippen LogP contribution in [0.25, 0.3) is 0 Å². The maximum Gasteiger partial charge on any atom is 0.240 e.